The summed E-state index contributed by atoms with van der Waals surface area (Å²) in [6, 6.07) is 0.300. The Hall–Kier alpha value is -0.550. The first-order valence-corrected chi connectivity index (χ1v) is 5.44. The maximum atomic E-state index is 5.63. The fourth-order valence-electron chi connectivity index (χ4n) is 0.956. The van der Waals surface area contributed by atoms with Crippen LogP contribution in [0.25, 0.3) is 0 Å². The summed E-state index contributed by atoms with van der Waals surface area (Å²) >= 11 is 1.67. The van der Waals surface area contributed by atoms with E-state index >= 15 is 0 Å². The van der Waals surface area contributed by atoms with Crippen LogP contribution in [0, 0.1) is 6.92 Å². The van der Waals surface area contributed by atoms with E-state index < -0.39 is 0 Å². The Morgan fingerprint density at radius 1 is 1.62 bits per heavy atom. The molecule has 4 nitrogen and oxygen atoms in total. The van der Waals surface area contributed by atoms with Crippen LogP contribution < -0.4 is 5.73 Å². The van der Waals surface area contributed by atoms with Crippen LogP contribution in [0.1, 0.15) is 25.6 Å². The van der Waals surface area contributed by atoms with Crippen molar-refractivity contribution in [1.29, 1.82) is 0 Å². The van der Waals surface area contributed by atoms with Crippen LogP contribution in [0.5, 0.6) is 0 Å². The normalized spacial score (nSPS) is 13.2. The number of nitrogens with two attached hydrogens (primary N) is 1. The Bertz CT molecular complexity index is 246. The van der Waals surface area contributed by atoms with Gasteiger partial charge in [-0.2, -0.15) is 0 Å². The molecule has 13 heavy (non-hydrogen) atoms. The van der Waals surface area contributed by atoms with Crippen molar-refractivity contribution in [3.05, 3.63) is 5.82 Å². The van der Waals surface area contributed by atoms with Gasteiger partial charge in [0.25, 0.3) is 0 Å². The van der Waals surface area contributed by atoms with E-state index in [2.05, 4.69) is 15.2 Å². The van der Waals surface area contributed by atoms with Crippen LogP contribution in [0.15, 0.2) is 5.16 Å². The molecule has 0 aliphatic heterocycles. The van der Waals surface area contributed by atoms with Gasteiger partial charge in [-0.05, 0) is 26.7 Å². The Morgan fingerprint density at radius 2 is 2.38 bits per heavy atom. The highest BCUT2D eigenvalue weighted by Crippen LogP contribution is 2.14. The van der Waals surface area contributed by atoms with Crippen molar-refractivity contribution in [2.45, 2.75) is 37.9 Å². The molecule has 1 aromatic heterocycles. The standard InChI is InChI=1S/C8H16N4S/c1-6(9)4-3-5-13-8-10-7(2)11-12-8/h6H,3-5,9H2,1-2H3,(H,10,11,12). The molecule has 74 valence electrons. The smallest absolute Gasteiger partial charge is 0.208 e. The highest BCUT2D eigenvalue weighted by atomic mass is 32.2. The molecule has 0 fully saturated rings. The van der Waals surface area contributed by atoms with E-state index in [9.17, 15) is 0 Å². The van der Waals surface area contributed by atoms with E-state index in [4.69, 9.17) is 5.73 Å². The minimum atomic E-state index is 0.300. The Kier molecular flexibility index (Phi) is 4.24. The molecule has 0 spiro atoms. The van der Waals surface area contributed by atoms with Crippen LogP contribution >= 0.6 is 11.8 Å². The zero-order valence-corrected chi connectivity index (χ0v) is 8.90. The molecule has 1 aromatic rings. The third kappa shape index (κ3) is 4.28. The predicted molar refractivity (Wildman–Crippen MR) is 54.7 cm³/mol. The average Bonchev–Trinajstić information content (AvgIpc) is 2.45. The number of hydrogen-bond acceptors (Lipinski definition) is 4. The van der Waals surface area contributed by atoms with Crippen LogP contribution in [0.4, 0.5) is 0 Å². The first-order valence-electron chi connectivity index (χ1n) is 4.46. The van der Waals surface area contributed by atoms with Crippen LogP contribution in [-0.4, -0.2) is 27.0 Å². The van der Waals surface area contributed by atoms with Crippen molar-refractivity contribution in [1.82, 2.24) is 15.2 Å². The molecule has 1 heterocycles. The molecule has 0 bridgehead atoms. The molecule has 0 radical (unpaired) electrons. The van der Waals surface area contributed by atoms with Gasteiger partial charge in [0.15, 0.2) is 0 Å². The number of aromatic amines is 1. The van der Waals surface area contributed by atoms with E-state index in [0.29, 0.717) is 6.04 Å². The molecule has 0 saturated heterocycles. The number of thioether (sulfide) groups is 1. The monoisotopic (exact) mass is 200 g/mol. The second kappa shape index (κ2) is 5.24. The third-order valence-corrected chi connectivity index (χ3v) is 2.55. The van der Waals surface area contributed by atoms with Gasteiger partial charge in [0.1, 0.15) is 5.82 Å². The summed E-state index contributed by atoms with van der Waals surface area (Å²) in [7, 11) is 0. The summed E-state index contributed by atoms with van der Waals surface area (Å²) in [5.41, 5.74) is 5.63. The largest absolute Gasteiger partial charge is 0.328 e. The lowest BCUT2D eigenvalue weighted by Crippen LogP contribution is -2.14. The summed E-state index contributed by atoms with van der Waals surface area (Å²) in [4.78, 5) is 4.19. The first kappa shape index (κ1) is 10.5. The van der Waals surface area contributed by atoms with Gasteiger partial charge in [-0.3, -0.25) is 5.10 Å². The lowest BCUT2D eigenvalue weighted by atomic mass is 10.2. The van der Waals surface area contributed by atoms with Gasteiger partial charge in [-0.25, -0.2) is 4.98 Å². The van der Waals surface area contributed by atoms with Crippen molar-refractivity contribution in [2.24, 2.45) is 5.73 Å². The van der Waals surface area contributed by atoms with Crippen molar-refractivity contribution in [3.63, 3.8) is 0 Å². The number of rotatable bonds is 5. The Balaban J connectivity index is 2.13. The number of aromatic nitrogens is 3. The SMILES string of the molecule is Cc1nc(SCCCC(C)N)n[nH]1. The van der Waals surface area contributed by atoms with E-state index in [1.807, 2.05) is 13.8 Å². The van der Waals surface area contributed by atoms with Crippen LogP contribution in [-0.2, 0) is 0 Å². The Labute approximate surface area is 82.7 Å². The summed E-state index contributed by atoms with van der Waals surface area (Å²) in [6.07, 6.45) is 2.19. The van der Waals surface area contributed by atoms with Crippen LogP contribution in [0.3, 0.4) is 0 Å². The average molecular weight is 200 g/mol. The van der Waals surface area contributed by atoms with Gasteiger partial charge in [-0.1, -0.05) is 11.8 Å². The fourth-order valence-corrected chi connectivity index (χ4v) is 1.76. The number of hydrogen-bond donors (Lipinski definition) is 2. The summed E-state index contributed by atoms with van der Waals surface area (Å²) in [6.45, 7) is 3.93. The molecule has 1 atom stereocenters. The van der Waals surface area contributed by atoms with Crippen molar-refractivity contribution in [2.75, 3.05) is 5.75 Å². The molecular formula is C8H16N4S. The minimum absolute atomic E-state index is 0.300. The quantitative estimate of drug-likeness (QED) is 0.556. The van der Waals surface area contributed by atoms with Gasteiger partial charge >= 0.3 is 0 Å². The van der Waals surface area contributed by atoms with Crippen molar-refractivity contribution in [3.8, 4) is 0 Å². The minimum Gasteiger partial charge on any atom is -0.328 e. The molecule has 0 aliphatic rings. The third-order valence-electron chi connectivity index (χ3n) is 1.61. The van der Waals surface area contributed by atoms with Crippen LogP contribution in [0.2, 0.25) is 0 Å². The Morgan fingerprint density at radius 3 is 2.92 bits per heavy atom. The zero-order chi connectivity index (χ0) is 9.68. The first-order chi connectivity index (χ1) is 6.18. The summed E-state index contributed by atoms with van der Waals surface area (Å²) in [5.74, 6) is 1.91. The van der Waals surface area contributed by atoms with Crippen molar-refractivity contribution >= 4 is 11.8 Å². The molecule has 0 aliphatic carbocycles. The zero-order valence-electron chi connectivity index (χ0n) is 8.08. The van der Waals surface area contributed by atoms with Crippen molar-refractivity contribution < 1.29 is 0 Å². The molecule has 0 aromatic carbocycles. The second-order valence-electron chi connectivity index (χ2n) is 3.17. The highest BCUT2D eigenvalue weighted by molar-refractivity contribution is 7.99. The lowest BCUT2D eigenvalue weighted by Gasteiger charge is -2.01. The topological polar surface area (TPSA) is 67.6 Å². The fraction of sp³-hybridized carbons (Fsp3) is 0.750. The van der Waals surface area contributed by atoms with Gasteiger partial charge < -0.3 is 5.73 Å². The summed E-state index contributed by atoms with van der Waals surface area (Å²) < 4.78 is 0. The second-order valence-corrected chi connectivity index (χ2v) is 4.23. The highest BCUT2D eigenvalue weighted by Gasteiger charge is 2.00. The van der Waals surface area contributed by atoms with Gasteiger partial charge in [0, 0.05) is 11.8 Å². The lowest BCUT2D eigenvalue weighted by molar-refractivity contribution is 0.656. The molecule has 0 amide bonds. The molecule has 3 N–H and O–H groups in total. The molecule has 5 heteroatoms. The van der Waals surface area contributed by atoms with Gasteiger partial charge in [0.2, 0.25) is 5.16 Å². The number of H-pyrrole nitrogens is 1. The maximum Gasteiger partial charge on any atom is 0.208 e. The molecular weight excluding hydrogens is 184 g/mol. The van der Waals surface area contributed by atoms with E-state index in [0.717, 1.165) is 29.6 Å². The van der Waals surface area contributed by atoms with E-state index in [-0.39, 0.29) is 0 Å². The number of nitrogens with one attached hydrogen (secondary N) is 1. The number of aryl methyl sites for hydroxylation is 1. The number of nitrogens with zero attached hydrogens (tertiary/aromatic N) is 2. The molecule has 0 saturated carbocycles. The van der Waals surface area contributed by atoms with Gasteiger partial charge in [0.05, 0.1) is 0 Å². The maximum absolute atomic E-state index is 5.63. The van der Waals surface area contributed by atoms with E-state index in [1.54, 1.807) is 11.8 Å². The van der Waals surface area contributed by atoms with Gasteiger partial charge in [-0.15, -0.1) is 5.10 Å². The summed E-state index contributed by atoms with van der Waals surface area (Å²) in [5, 5.41) is 7.68. The molecule has 1 rings (SSSR count). The molecule has 1 unspecified atom stereocenters. The predicted octanol–water partition coefficient (Wildman–Crippen LogP) is 1.33. The van der Waals surface area contributed by atoms with E-state index in [1.165, 1.54) is 0 Å².